The van der Waals surface area contributed by atoms with E-state index in [9.17, 15) is 9.59 Å². The lowest BCUT2D eigenvalue weighted by molar-refractivity contribution is -0.151. The molecule has 1 N–H and O–H groups in total. The van der Waals surface area contributed by atoms with Crippen LogP contribution in [0.1, 0.15) is 112 Å². The van der Waals surface area contributed by atoms with E-state index in [2.05, 4.69) is 125 Å². The minimum atomic E-state index is -2.75. The van der Waals surface area contributed by atoms with Crippen LogP contribution < -0.4 is 10.4 Å². The number of allylic oxidation sites excluding steroid dienone is 4. The Balaban J connectivity index is 1.92. The average Bonchev–Trinajstić information content (AvgIpc) is 3.06. The Bertz CT molecular complexity index is 1270. The third kappa shape index (κ3) is 12.0. The van der Waals surface area contributed by atoms with Crippen LogP contribution in [0.3, 0.4) is 0 Å². The summed E-state index contributed by atoms with van der Waals surface area (Å²) in [5.74, 6) is -0.648. The lowest BCUT2D eigenvalue weighted by atomic mass is 9.75. The van der Waals surface area contributed by atoms with Crippen molar-refractivity contribution in [2.24, 2.45) is 11.8 Å². The fraction of sp³-hybridized carbons (Fsp3) is 0.524. The average molecular weight is 673 g/mol. The van der Waals surface area contributed by atoms with Gasteiger partial charge in [0.25, 0.3) is 8.32 Å². The van der Waals surface area contributed by atoms with E-state index in [1.807, 2.05) is 0 Å². The number of unbranched alkanes of at least 4 members (excludes halogenated alkanes) is 3. The predicted molar refractivity (Wildman–Crippen MR) is 201 cm³/mol. The molecule has 0 heterocycles. The maximum atomic E-state index is 12.0. The van der Waals surface area contributed by atoms with Crippen LogP contribution in [-0.4, -0.2) is 37.6 Å². The second-order valence-corrected chi connectivity index (χ2v) is 18.6. The summed E-state index contributed by atoms with van der Waals surface area (Å²) >= 11 is 0. The second-order valence-electron chi connectivity index (χ2n) is 14.3. The van der Waals surface area contributed by atoms with E-state index < -0.39 is 14.3 Å². The number of esters is 1. The Hall–Kier alpha value is -3.22. The molecular weight excluding hydrogens is 613 g/mol. The molecule has 1 saturated carbocycles. The summed E-state index contributed by atoms with van der Waals surface area (Å²) in [7, 11) is -2.75. The number of hydrogen-bond donors (Lipinski definition) is 1. The molecule has 0 bridgehead atoms. The number of benzene rings is 2. The first-order valence-corrected chi connectivity index (χ1v) is 20.2. The van der Waals surface area contributed by atoms with Crippen molar-refractivity contribution in [2.45, 2.75) is 129 Å². The first-order chi connectivity index (χ1) is 23.1. The number of rotatable bonds is 19. The fourth-order valence-electron chi connectivity index (χ4n) is 7.26. The summed E-state index contributed by atoms with van der Waals surface area (Å²) in [6.45, 7) is 10.6. The van der Waals surface area contributed by atoms with Gasteiger partial charge >= 0.3 is 11.9 Å². The van der Waals surface area contributed by atoms with Crippen LogP contribution in [0.5, 0.6) is 0 Å². The van der Waals surface area contributed by atoms with Gasteiger partial charge in [-0.1, -0.05) is 150 Å². The van der Waals surface area contributed by atoms with E-state index in [0.717, 1.165) is 38.5 Å². The standard InChI is InChI=1S/C42H60O5Si/c1-6-7-8-9-10-13-25-36(47-48(42(3,4)5,37-27-14-11-15-28-37)38-29-16-12-17-30-38)26-20-18-23-35-24-19-21-31-39(35)40(46-34(2)43)32-22-33-41(44)45/h10-18,20,23,26-30,35-36,39-40H,6-9,19,21-22,24-25,31-33H2,1-5H3,(H,44,45). The largest absolute Gasteiger partial charge is 0.481 e. The SMILES string of the molecule is CCCCCC=CCC(C=CC=CC1CCCCC1C(CCCC(=O)O)OC(C)=O)O[Si](c1ccccc1)(c1ccccc1)C(C)(C)C. The fourth-order valence-corrected chi connectivity index (χ4v) is 11.9. The topological polar surface area (TPSA) is 72.8 Å². The van der Waals surface area contributed by atoms with E-state index in [0.29, 0.717) is 12.8 Å². The van der Waals surface area contributed by atoms with Gasteiger partial charge in [0.15, 0.2) is 0 Å². The number of carbonyl (C=O) groups excluding carboxylic acids is 1. The quantitative estimate of drug-likeness (QED) is 0.0529. The molecule has 48 heavy (non-hydrogen) atoms. The Labute approximate surface area is 291 Å². The van der Waals surface area contributed by atoms with E-state index in [1.54, 1.807) is 0 Å². The van der Waals surface area contributed by atoms with Crippen LogP contribution >= 0.6 is 0 Å². The van der Waals surface area contributed by atoms with Crippen molar-refractivity contribution >= 4 is 30.6 Å². The summed E-state index contributed by atoms with van der Waals surface area (Å²) in [4.78, 5) is 23.2. The number of carboxylic acids is 1. The third-order valence-electron chi connectivity index (χ3n) is 9.60. The van der Waals surface area contributed by atoms with Crippen molar-refractivity contribution in [1.29, 1.82) is 0 Å². The van der Waals surface area contributed by atoms with Crippen molar-refractivity contribution in [3.05, 3.63) is 97.1 Å². The van der Waals surface area contributed by atoms with Crippen LogP contribution in [0.4, 0.5) is 0 Å². The maximum absolute atomic E-state index is 12.0. The molecule has 1 aliphatic rings. The molecule has 0 aliphatic heterocycles. The lowest BCUT2D eigenvalue weighted by Crippen LogP contribution is -2.67. The van der Waals surface area contributed by atoms with Crippen LogP contribution in [-0.2, 0) is 18.8 Å². The minimum absolute atomic E-state index is 0.0908. The Morgan fingerprint density at radius 1 is 0.917 bits per heavy atom. The van der Waals surface area contributed by atoms with Gasteiger partial charge in [0.1, 0.15) is 6.10 Å². The van der Waals surface area contributed by atoms with Crippen molar-refractivity contribution in [3.63, 3.8) is 0 Å². The van der Waals surface area contributed by atoms with Crippen molar-refractivity contribution in [3.8, 4) is 0 Å². The number of aliphatic carboxylic acids is 1. The molecule has 6 heteroatoms. The van der Waals surface area contributed by atoms with Gasteiger partial charge in [-0.25, -0.2) is 0 Å². The molecule has 0 amide bonds. The zero-order valence-electron chi connectivity index (χ0n) is 30.1. The van der Waals surface area contributed by atoms with E-state index in [4.69, 9.17) is 14.3 Å². The molecule has 3 rings (SSSR count). The summed E-state index contributed by atoms with van der Waals surface area (Å²) < 4.78 is 13.3. The molecular formula is C42H60O5Si. The van der Waals surface area contributed by atoms with Crippen LogP contribution in [0.25, 0.3) is 0 Å². The maximum Gasteiger partial charge on any atom is 0.303 e. The van der Waals surface area contributed by atoms with Crippen molar-refractivity contribution in [1.82, 2.24) is 0 Å². The highest BCUT2D eigenvalue weighted by molar-refractivity contribution is 6.99. The number of carbonyl (C=O) groups is 2. The molecule has 0 aromatic heterocycles. The zero-order chi connectivity index (χ0) is 34.8. The van der Waals surface area contributed by atoms with E-state index in [1.165, 1.54) is 36.6 Å². The molecule has 4 unspecified atom stereocenters. The number of carboxylic acid groups (broad SMARTS) is 1. The lowest BCUT2D eigenvalue weighted by Gasteiger charge is -2.44. The Kier molecular flexibility index (Phi) is 16.6. The first kappa shape index (κ1) is 39.2. The molecule has 5 nitrogen and oxygen atoms in total. The normalized spacial score (nSPS) is 18.8. The Morgan fingerprint density at radius 3 is 2.15 bits per heavy atom. The summed E-state index contributed by atoms with van der Waals surface area (Å²) in [6, 6.07) is 21.6. The third-order valence-corrected chi connectivity index (χ3v) is 14.7. The van der Waals surface area contributed by atoms with Gasteiger partial charge < -0.3 is 14.3 Å². The molecule has 4 atom stereocenters. The van der Waals surface area contributed by atoms with Gasteiger partial charge in [-0.15, -0.1) is 0 Å². The predicted octanol–water partition coefficient (Wildman–Crippen LogP) is 9.56. The number of hydrogen-bond acceptors (Lipinski definition) is 4. The van der Waals surface area contributed by atoms with Crippen LogP contribution in [0, 0.1) is 11.8 Å². The van der Waals surface area contributed by atoms with Crippen molar-refractivity contribution < 1.29 is 23.9 Å². The van der Waals surface area contributed by atoms with E-state index >= 15 is 0 Å². The molecule has 1 aliphatic carbocycles. The number of ether oxygens (including phenoxy) is 1. The van der Waals surface area contributed by atoms with Gasteiger partial charge in [-0.2, -0.15) is 0 Å². The first-order valence-electron chi connectivity index (χ1n) is 18.3. The highest BCUT2D eigenvalue weighted by Gasteiger charge is 2.51. The van der Waals surface area contributed by atoms with Gasteiger partial charge in [-0.3, -0.25) is 9.59 Å². The molecule has 2 aromatic carbocycles. The molecule has 0 radical (unpaired) electrons. The summed E-state index contributed by atoms with van der Waals surface area (Å²) in [6.07, 6.45) is 24.0. The second kappa shape index (κ2) is 20.3. The van der Waals surface area contributed by atoms with Gasteiger partial charge in [0.05, 0.1) is 6.10 Å². The van der Waals surface area contributed by atoms with Gasteiger partial charge in [-0.05, 0) is 66.3 Å². The zero-order valence-corrected chi connectivity index (χ0v) is 31.1. The van der Waals surface area contributed by atoms with Crippen molar-refractivity contribution in [2.75, 3.05) is 0 Å². The highest BCUT2D eigenvalue weighted by atomic mass is 28.4. The molecule has 262 valence electrons. The van der Waals surface area contributed by atoms with Gasteiger partial charge in [0, 0.05) is 19.3 Å². The monoisotopic (exact) mass is 672 g/mol. The molecule has 1 fully saturated rings. The van der Waals surface area contributed by atoms with Crippen LogP contribution in [0.2, 0.25) is 5.04 Å². The summed E-state index contributed by atoms with van der Waals surface area (Å²) in [5.41, 5.74) is 0. The van der Waals surface area contributed by atoms with E-state index in [-0.39, 0.29) is 41.5 Å². The van der Waals surface area contributed by atoms with Crippen LogP contribution in [0.15, 0.2) is 97.1 Å². The molecule has 0 spiro atoms. The smallest absolute Gasteiger partial charge is 0.303 e. The molecule has 2 aromatic rings. The summed E-state index contributed by atoms with van der Waals surface area (Å²) in [5, 5.41) is 11.6. The highest BCUT2D eigenvalue weighted by Crippen LogP contribution is 2.39. The Morgan fingerprint density at radius 2 is 1.56 bits per heavy atom. The molecule has 0 saturated heterocycles. The van der Waals surface area contributed by atoms with Gasteiger partial charge in [0.2, 0.25) is 0 Å². The minimum Gasteiger partial charge on any atom is -0.481 e.